The van der Waals surface area contributed by atoms with E-state index in [4.69, 9.17) is 0 Å². The van der Waals surface area contributed by atoms with Crippen LogP contribution in [0.15, 0.2) is 0 Å². The molecule has 0 amide bonds. The molecule has 0 aromatic rings. The number of sulfonamides is 1. The minimum atomic E-state index is -3.55. The van der Waals surface area contributed by atoms with Crippen LogP contribution in [0.3, 0.4) is 0 Å². The van der Waals surface area contributed by atoms with E-state index in [9.17, 15) is 13.2 Å². The minimum Gasteiger partial charge on any atom is -0.468 e. The summed E-state index contributed by atoms with van der Waals surface area (Å²) in [6, 6.07) is 0.182. The molecule has 1 aliphatic rings. The molecule has 0 spiro atoms. The number of carbonyl (C=O) groups excluding carboxylic acids is 1. The first-order chi connectivity index (χ1) is 7.95. The number of nitrogens with one attached hydrogen (secondary N) is 1. The van der Waals surface area contributed by atoms with E-state index in [1.165, 1.54) is 18.5 Å². The number of carbonyl (C=O) groups is 1. The quantitative estimate of drug-likeness (QED) is 0.682. The van der Waals surface area contributed by atoms with Crippen LogP contribution in [0.25, 0.3) is 0 Å². The maximum absolute atomic E-state index is 11.8. The first-order valence-corrected chi connectivity index (χ1v) is 7.31. The Bertz CT molecular complexity index is 349. The SMILES string of the molecule is COC(=O)CS(=O)(=O)N(C)CC1CCCCN1. The van der Waals surface area contributed by atoms with Gasteiger partial charge in [0.05, 0.1) is 7.11 Å². The van der Waals surface area contributed by atoms with Crippen LogP contribution in [0.2, 0.25) is 0 Å². The largest absolute Gasteiger partial charge is 0.468 e. The minimum absolute atomic E-state index is 0.182. The van der Waals surface area contributed by atoms with Gasteiger partial charge in [-0.3, -0.25) is 4.79 Å². The van der Waals surface area contributed by atoms with Crippen LogP contribution in [-0.4, -0.2) is 57.7 Å². The zero-order valence-corrected chi connectivity index (χ0v) is 11.1. The Morgan fingerprint density at radius 1 is 1.47 bits per heavy atom. The van der Waals surface area contributed by atoms with Gasteiger partial charge in [0.25, 0.3) is 0 Å². The predicted octanol–water partition coefficient (Wildman–Crippen LogP) is -0.437. The average molecular weight is 264 g/mol. The molecule has 1 fully saturated rings. The van der Waals surface area contributed by atoms with Crippen molar-refractivity contribution in [3.63, 3.8) is 0 Å². The fraction of sp³-hybridized carbons (Fsp3) is 0.900. The lowest BCUT2D eigenvalue weighted by Crippen LogP contribution is -2.45. The Kier molecular flexibility index (Phi) is 5.35. The Labute approximate surface area is 102 Å². The molecule has 1 atom stereocenters. The number of rotatable bonds is 5. The maximum atomic E-state index is 11.8. The lowest BCUT2D eigenvalue weighted by molar-refractivity contribution is -0.137. The predicted molar refractivity (Wildman–Crippen MR) is 64.1 cm³/mol. The summed E-state index contributed by atoms with van der Waals surface area (Å²) in [6.45, 7) is 1.33. The van der Waals surface area contributed by atoms with Crippen LogP contribution in [0.4, 0.5) is 0 Å². The highest BCUT2D eigenvalue weighted by Crippen LogP contribution is 2.10. The monoisotopic (exact) mass is 264 g/mol. The highest BCUT2D eigenvalue weighted by molar-refractivity contribution is 7.89. The van der Waals surface area contributed by atoms with E-state index in [1.54, 1.807) is 0 Å². The molecule has 1 heterocycles. The van der Waals surface area contributed by atoms with Gasteiger partial charge in [0, 0.05) is 19.6 Å². The van der Waals surface area contributed by atoms with Crippen molar-refractivity contribution >= 4 is 16.0 Å². The number of ether oxygens (including phenoxy) is 1. The summed E-state index contributed by atoms with van der Waals surface area (Å²) >= 11 is 0. The van der Waals surface area contributed by atoms with E-state index in [0.717, 1.165) is 25.8 Å². The lowest BCUT2D eigenvalue weighted by atomic mass is 10.1. The molecule has 0 aromatic carbocycles. The van der Waals surface area contributed by atoms with Crippen molar-refractivity contribution in [1.29, 1.82) is 0 Å². The van der Waals surface area contributed by atoms with Crippen LogP contribution in [0.1, 0.15) is 19.3 Å². The Balaban J connectivity index is 2.49. The van der Waals surface area contributed by atoms with Crippen molar-refractivity contribution in [3.8, 4) is 0 Å². The number of methoxy groups -OCH3 is 1. The number of hydrogen-bond donors (Lipinski definition) is 1. The van der Waals surface area contributed by atoms with Gasteiger partial charge in [-0.05, 0) is 19.4 Å². The standard InChI is InChI=1S/C10H20N2O4S/c1-12(7-9-5-3-4-6-11-9)17(14,15)8-10(13)16-2/h9,11H,3-8H2,1-2H3. The zero-order chi connectivity index (χ0) is 12.9. The fourth-order valence-electron chi connectivity index (χ4n) is 1.82. The summed E-state index contributed by atoms with van der Waals surface area (Å²) in [5, 5.41) is 3.27. The normalized spacial score (nSPS) is 21.5. The Hall–Kier alpha value is -0.660. The number of hydrogen-bond acceptors (Lipinski definition) is 5. The molecule has 1 N–H and O–H groups in total. The van der Waals surface area contributed by atoms with Crippen LogP contribution < -0.4 is 5.32 Å². The van der Waals surface area contributed by atoms with Crippen LogP contribution in [0, 0.1) is 0 Å². The molecule has 0 bridgehead atoms. The zero-order valence-electron chi connectivity index (χ0n) is 10.3. The van der Waals surface area contributed by atoms with E-state index < -0.39 is 21.7 Å². The van der Waals surface area contributed by atoms with Crippen molar-refractivity contribution in [1.82, 2.24) is 9.62 Å². The molecule has 0 saturated carbocycles. The van der Waals surface area contributed by atoms with Crippen LogP contribution >= 0.6 is 0 Å². The van der Waals surface area contributed by atoms with Crippen molar-refractivity contribution in [2.45, 2.75) is 25.3 Å². The number of likely N-dealkylation sites (N-methyl/N-ethyl adjacent to an activating group) is 1. The second-order valence-electron chi connectivity index (χ2n) is 4.26. The molecule has 100 valence electrons. The summed E-state index contributed by atoms with van der Waals surface area (Å²) in [6.07, 6.45) is 3.22. The van der Waals surface area contributed by atoms with Gasteiger partial charge in [0.15, 0.2) is 5.75 Å². The Morgan fingerprint density at radius 3 is 2.71 bits per heavy atom. The molecular weight excluding hydrogens is 244 g/mol. The van der Waals surface area contributed by atoms with E-state index in [-0.39, 0.29) is 6.04 Å². The molecule has 1 aliphatic heterocycles. The molecule has 0 aromatic heterocycles. The summed E-state index contributed by atoms with van der Waals surface area (Å²) in [5.74, 6) is -1.32. The summed E-state index contributed by atoms with van der Waals surface area (Å²) in [7, 11) is -0.877. The number of nitrogens with zero attached hydrogens (tertiary/aromatic N) is 1. The van der Waals surface area contributed by atoms with E-state index in [1.807, 2.05) is 0 Å². The van der Waals surface area contributed by atoms with Gasteiger partial charge in [-0.15, -0.1) is 0 Å². The second-order valence-corrected chi connectivity index (χ2v) is 6.34. The van der Waals surface area contributed by atoms with Gasteiger partial charge < -0.3 is 10.1 Å². The highest BCUT2D eigenvalue weighted by atomic mass is 32.2. The van der Waals surface area contributed by atoms with Crippen molar-refractivity contribution in [2.24, 2.45) is 0 Å². The molecule has 0 aliphatic carbocycles. The van der Waals surface area contributed by atoms with Crippen molar-refractivity contribution in [2.75, 3.05) is 33.0 Å². The summed E-state index contributed by atoms with van der Waals surface area (Å²) in [5.41, 5.74) is 0. The van der Waals surface area contributed by atoms with Gasteiger partial charge in [0.2, 0.25) is 10.0 Å². The molecular formula is C10H20N2O4S. The smallest absolute Gasteiger partial charge is 0.322 e. The third-order valence-corrected chi connectivity index (χ3v) is 4.59. The van der Waals surface area contributed by atoms with Crippen LogP contribution in [-0.2, 0) is 19.6 Å². The van der Waals surface area contributed by atoms with E-state index in [0.29, 0.717) is 6.54 Å². The summed E-state index contributed by atoms with van der Waals surface area (Å²) < 4.78 is 29.1. The summed E-state index contributed by atoms with van der Waals surface area (Å²) in [4.78, 5) is 11.0. The topological polar surface area (TPSA) is 75.7 Å². The van der Waals surface area contributed by atoms with Gasteiger partial charge >= 0.3 is 5.97 Å². The molecule has 1 unspecified atom stereocenters. The molecule has 0 radical (unpaired) electrons. The van der Waals surface area contributed by atoms with E-state index in [2.05, 4.69) is 10.1 Å². The molecule has 1 rings (SSSR count). The third kappa shape index (κ3) is 4.61. The lowest BCUT2D eigenvalue weighted by Gasteiger charge is -2.27. The van der Waals surface area contributed by atoms with Crippen molar-refractivity contribution < 1.29 is 17.9 Å². The number of esters is 1. The highest BCUT2D eigenvalue weighted by Gasteiger charge is 2.25. The third-order valence-electron chi connectivity index (χ3n) is 2.89. The van der Waals surface area contributed by atoms with Crippen molar-refractivity contribution in [3.05, 3.63) is 0 Å². The Morgan fingerprint density at radius 2 is 2.18 bits per heavy atom. The first kappa shape index (κ1) is 14.4. The molecule has 1 saturated heterocycles. The molecule has 7 heteroatoms. The van der Waals surface area contributed by atoms with E-state index >= 15 is 0 Å². The van der Waals surface area contributed by atoms with Gasteiger partial charge in [-0.2, -0.15) is 0 Å². The van der Waals surface area contributed by atoms with Gasteiger partial charge in [-0.25, -0.2) is 12.7 Å². The van der Waals surface area contributed by atoms with Crippen LogP contribution in [0.5, 0.6) is 0 Å². The fourth-order valence-corrected chi connectivity index (χ4v) is 2.86. The number of piperidine rings is 1. The van der Waals surface area contributed by atoms with Gasteiger partial charge in [-0.1, -0.05) is 6.42 Å². The maximum Gasteiger partial charge on any atom is 0.322 e. The second kappa shape index (κ2) is 6.32. The van der Waals surface area contributed by atoms with Gasteiger partial charge in [0.1, 0.15) is 0 Å². The molecule has 17 heavy (non-hydrogen) atoms. The molecule has 6 nitrogen and oxygen atoms in total. The average Bonchev–Trinajstić information content (AvgIpc) is 2.29. The first-order valence-electron chi connectivity index (χ1n) is 5.70.